The third kappa shape index (κ3) is 2.89. The van der Waals surface area contributed by atoms with Gasteiger partial charge < -0.3 is 5.73 Å². The summed E-state index contributed by atoms with van der Waals surface area (Å²) in [6.45, 7) is 0. The summed E-state index contributed by atoms with van der Waals surface area (Å²) in [4.78, 5) is 26.9. The molecule has 0 radical (unpaired) electrons. The summed E-state index contributed by atoms with van der Waals surface area (Å²) in [5, 5.41) is -0.434. The summed E-state index contributed by atoms with van der Waals surface area (Å²) in [7, 11) is 0. The number of nitrogen functional groups attached to an aromatic ring is 1. The minimum atomic E-state index is -0.434. The smallest absolute Gasteiger partial charge is 0.247 e. The second-order valence-corrected chi connectivity index (χ2v) is 7.06. The summed E-state index contributed by atoms with van der Waals surface area (Å²) in [6, 6.07) is 14.5. The van der Waals surface area contributed by atoms with E-state index in [1.165, 1.54) is 16.7 Å². The molecule has 0 aliphatic carbocycles. The van der Waals surface area contributed by atoms with Crippen molar-refractivity contribution in [3.05, 3.63) is 53.0 Å². The Morgan fingerprint density at radius 3 is 2.64 bits per heavy atom. The number of anilines is 2. The normalized spacial score (nSPS) is 18.0. The molecule has 0 spiro atoms. The average molecular weight is 377 g/mol. The van der Waals surface area contributed by atoms with E-state index in [0.717, 1.165) is 9.37 Å². The SMILES string of the molecule is Nc1ccccc1S[C@H]1CC(=O)N(c2cccc(Br)c2)C1=O. The number of para-hydroxylation sites is 1. The van der Waals surface area contributed by atoms with Gasteiger partial charge in [-0.25, -0.2) is 4.90 Å². The van der Waals surface area contributed by atoms with Crippen LogP contribution < -0.4 is 10.6 Å². The highest BCUT2D eigenvalue weighted by Gasteiger charge is 2.40. The topological polar surface area (TPSA) is 63.4 Å². The maximum absolute atomic E-state index is 12.6. The zero-order valence-corrected chi connectivity index (χ0v) is 13.9. The number of benzene rings is 2. The lowest BCUT2D eigenvalue weighted by atomic mass is 10.3. The van der Waals surface area contributed by atoms with Crippen LogP contribution in [-0.4, -0.2) is 17.1 Å². The van der Waals surface area contributed by atoms with Crippen LogP contribution in [0.2, 0.25) is 0 Å². The van der Waals surface area contributed by atoms with Gasteiger partial charge in [0.25, 0.3) is 0 Å². The van der Waals surface area contributed by atoms with Gasteiger partial charge in [0.2, 0.25) is 11.8 Å². The van der Waals surface area contributed by atoms with Gasteiger partial charge in [-0.15, -0.1) is 11.8 Å². The van der Waals surface area contributed by atoms with Crippen molar-refractivity contribution in [2.45, 2.75) is 16.6 Å². The first-order chi connectivity index (χ1) is 10.6. The highest BCUT2D eigenvalue weighted by molar-refractivity contribution is 9.10. The molecule has 1 aliphatic rings. The van der Waals surface area contributed by atoms with Crippen molar-refractivity contribution in [2.24, 2.45) is 0 Å². The maximum Gasteiger partial charge on any atom is 0.247 e. The van der Waals surface area contributed by atoms with Crippen molar-refractivity contribution in [2.75, 3.05) is 10.6 Å². The molecule has 1 fully saturated rings. The summed E-state index contributed by atoms with van der Waals surface area (Å²) in [6.07, 6.45) is 0.185. The molecule has 0 aromatic heterocycles. The molecule has 2 aromatic rings. The quantitative estimate of drug-likeness (QED) is 0.657. The Morgan fingerprint density at radius 1 is 1.14 bits per heavy atom. The Kier molecular flexibility index (Phi) is 4.22. The molecular weight excluding hydrogens is 364 g/mol. The van der Waals surface area contributed by atoms with Crippen LogP contribution in [-0.2, 0) is 9.59 Å². The molecule has 0 saturated carbocycles. The van der Waals surface area contributed by atoms with Crippen molar-refractivity contribution in [3.63, 3.8) is 0 Å². The molecule has 22 heavy (non-hydrogen) atoms. The van der Waals surface area contributed by atoms with Crippen LogP contribution in [0.5, 0.6) is 0 Å². The third-order valence-electron chi connectivity index (χ3n) is 3.36. The number of hydrogen-bond acceptors (Lipinski definition) is 4. The molecular formula is C16H13BrN2O2S. The highest BCUT2D eigenvalue weighted by Crippen LogP contribution is 2.36. The first kappa shape index (κ1) is 15.1. The number of imide groups is 1. The Hall–Kier alpha value is -1.79. The highest BCUT2D eigenvalue weighted by atomic mass is 79.9. The first-order valence-electron chi connectivity index (χ1n) is 6.70. The monoisotopic (exact) mass is 376 g/mol. The van der Waals surface area contributed by atoms with Crippen molar-refractivity contribution >= 4 is 50.9 Å². The first-order valence-corrected chi connectivity index (χ1v) is 8.37. The number of hydrogen-bond donors (Lipinski definition) is 1. The molecule has 1 heterocycles. The van der Waals surface area contributed by atoms with Crippen LogP contribution in [0.1, 0.15) is 6.42 Å². The minimum Gasteiger partial charge on any atom is -0.398 e. The van der Waals surface area contributed by atoms with Crippen molar-refractivity contribution in [3.8, 4) is 0 Å². The minimum absolute atomic E-state index is 0.185. The summed E-state index contributed by atoms with van der Waals surface area (Å²) < 4.78 is 0.828. The van der Waals surface area contributed by atoms with Crippen LogP contribution in [0, 0.1) is 0 Å². The molecule has 112 valence electrons. The van der Waals surface area contributed by atoms with Gasteiger partial charge in [0.1, 0.15) is 0 Å². The van der Waals surface area contributed by atoms with E-state index < -0.39 is 5.25 Å². The van der Waals surface area contributed by atoms with Crippen LogP contribution >= 0.6 is 27.7 Å². The van der Waals surface area contributed by atoms with E-state index in [2.05, 4.69) is 15.9 Å². The molecule has 6 heteroatoms. The van der Waals surface area contributed by atoms with E-state index in [1.807, 2.05) is 24.3 Å². The Balaban J connectivity index is 1.84. The Labute approximate surface area is 140 Å². The lowest BCUT2D eigenvalue weighted by Crippen LogP contribution is -2.31. The number of carbonyl (C=O) groups is 2. The van der Waals surface area contributed by atoms with Gasteiger partial charge in [-0.05, 0) is 30.3 Å². The summed E-state index contributed by atoms with van der Waals surface area (Å²) in [5.74, 6) is -0.383. The third-order valence-corrected chi connectivity index (χ3v) is 5.13. The summed E-state index contributed by atoms with van der Waals surface area (Å²) in [5.41, 5.74) is 7.12. The van der Waals surface area contributed by atoms with Gasteiger partial charge in [-0.2, -0.15) is 0 Å². The number of rotatable bonds is 3. The standard InChI is InChI=1S/C16H13BrN2O2S/c17-10-4-3-5-11(8-10)19-15(20)9-14(16(19)21)22-13-7-2-1-6-12(13)18/h1-8,14H,9,18H2/t14-/m0/s1. The van der Waals surface area contributed by atoms with E-state index in [4.69, 9.17) is 5.73 Å². The second kappa shape index (κ2) is 6.14. The van der Waals surface area contributed by atoms with Crippen LogP contribution in [0.4, 0.5) is 11.4 Å². The van der Waals surface area contributed by atoms with E-state index in [1.54, 1.807) is 24.3 Å². The number of nitrogens with two attached hydrogens (primary N) is 1. The number of thioether (sulfide) groups is 1. The fourth-order valence-corrected chi connectivity index (χ4v) is 3.81. The lowest BCUT2D eigenvalue weighted by Gasteiger charge is -2.15. The zero-order valence-electron chi connectivity index (χ0n) is 11.5. The van der Waals surface area contributed by atoms with Gasteiger partial charge in [-0.1, -0.05) is 34.1 Å². The van der Waals surface area contributed by atoms with Gasteiger partial charge in [0.15, 0.2) is 0 Å². The second-order valence-electron chi connectivity index (χ2n) is 4.90. The predicted octanol–water partition coefficient (Wildman–Crippen LogP) is 3.46. The number of amides is 2. The Morgan fingerprint density at radius 2 is 1.91 bits per heavy atom. The molecule has 0 unspecified atom stereocenters. The van der Waals surface area contributed by atoms with Crippen molar-refractivity contribution in [1.29, 1.82) is 0 Å². The van der Waals surface area contributed by atoms with Crippen molar-refractivity contribution in [1.82, 2.24) is 0 Å². The Bertz CT molecular complexity index is 750. The van der Waals surface area contributed by atoms with Crippen LogP contribution in [0.25, 0.3) is 0 Å². The summed E-state index contributed by atoms with van der Waals surface area (Å²) >= 11 is 4.70. The molecule has 3 rings (SSSR count). The van der Waals surface area contributed by atoms with Crippen LogP contribution in [0.3, 0.4) is 0 Å². The fourth-order valence-electron chi connectivity index (χ4n) is 2.32. The predicted molar refractivity (Wildman–Crippen MR) is 91.8 cm³/mol. The molecule has 1 aliphatic heterocycles. The van der Waals surface area contributed by atoms with Gasteiger partial charge in [0, 0.05) is 21.5 Å². The average Bonchev–Trinajstić information content (AvgIpc) is 2.76. The van der Waals surface area contributed by atoms with Gasteiger partial charge >= 0.3 is 0 Å². The number of halogens is 1. The molecule has 2 N–H and O–H groups in total. The van der Waals surface area contributed by atoms with E-state index >= 15 is 0 Å². The van der Waals surface area contributed by atoms with Gasteiger partial charge in [-0.3, -0.25) is 9.59 Å². The molecule has 1 saturated heterocycles. The molecule has 0 bridgehead atoms. The zero-order chi connectivity index (χ0) is 15.7. The van der Waals surface area contributed by atoms with Gasteiger partial charge in [0.05, 0.1) is 10.9 Å². The molecule has 2 aromatic carbocycles. The number of carbonyl (C=O) groups excluding carboxylic acids is 2. The van der Waals surface area contributed by atoms with E-state index in [0.29, 0.717) is 11.4 Å². The molecule has 4 nitrogen and oxygen atoms in total. The van der Waals surface area contributed by atoms with E-state index in [9.17, 15) is 9.59 Å². The maximum atomic E-state index is 12.6. The van der Waals surface area contributed by atoms with Crippen molar-refractivity contribution < 1.29 is 9.59 Å². The fraction of sp³-hybridized carbons (Fsp3) is 0.125. The lowest BCUT2D eigenvalue weighted by molar-refractivity contribution is -0.121. The molecule has 2 amide bonds. The number of nitrogens with zero attached hydrogens (tertiary/aromatic N) is 1. The largest absolute Gasteiger partial charge is 0.398 e. The van der Waals surface area contributed by atoms with E-state index in [-0.39, 0.29) is 18.2 Å². The van der Waals surface area contributed by atoms with Crippen LogP contribution in [0.15, 0.2) is 57.9 Å². The molecule has 1 atom stereocenters.